The molecule has 124 valence electrons. The predicted octanol–water partition coefficient (Wildman–Crippen LogP) is 2.28. The second-order valence-electron chi connectivity index (χ2n) is 4.87. The maximum Gasteiger partial charge on any atom is 0.333 e. The van der Waals surface area contributed by atoms with Gasteiger partial charge in [0.15, 0.2) is 5.92 Å². The summed E-state index contributed by atoms with van der Waals surface area (Å²) in [7, 11) is 1.20. The summed E-state index contributed by atoms with van der Waals surface area (Å²) in [6.45, 7) is 5.08. The molecule has 0 spiro atoms. The Morgan fingerprint density at radius 1 is 1.13 bits per heavy atom. The fraction of sp³-hybridized carbons (Fsp3) is 0.353. The Bertz CT molecular complexity index is 564. The molecule has 1 rings (SSSR count). The van der Waals surface area contributed by atoms with Crippen LogP contribution in [0.3, 0.4) is 0 Å². The molecule has 1 aromatic rings. The number of esters is 3. The van der Waals surface area contributed by atoms with Crippen LogP contribution in [-0.2, 0) is 23.9 Å². The summed E-state index contributed by atoms with van der Waals surface area (Å²) >= 11 is 0. The van der Waals surface area contributed by atoms with E-state index >= 15 is 0 Å². The van der Waals surface area contributed by atoms with Gasteiger partial charge in [0.2, 0.25) is 0 Å². The van der Waals surface area contributed by atoms with Crippen molar-refractivity contribution in [3.63, 3.8) is 0 Å². The highest BCUT2D eigenvalue weighted by molar-refractivity contribution is 5.95. The van der Waals surface area contributed by atoms with E-state index in [1.54, 1.807) is 30.3 Å². The van der Waals surface area contributed by atoms with Gasteiger partial charge in [-0.25, -0.2) is 4.79 Å². The molecule has 1 atom stereocenters. The highest BCUT2D eigenvalue weighted by Gasteiger charge is 2.29. The molecule has 6 heteroatoms. The van der Waals surface area contributed by atoms with Crippen LogP contribution < -0.4 is 4.74 Å². The van der Waals surface area contributed by atoms with Gasteiger partial charge in [-0.1, -0.05) is 24.8 Å². The second kappa shape index (κ2) is 9.40. The first kappa shape index (κ1) is 18.4. The van der Waals surface area contributed by atoms with E-state index in [0.29, 0.717) is 12.2 Å². The predicted molar refractivity (Wildman–Crippen MR) is 82.6 cm³/mol. The Kier molecular flexibility index (Phi) is 7.53. The van der Waals surface area contributed by atoms with Gasteiger partial charge >= 0.3 is 17.9 Å². The molecule has 0 saturated carbocycles. The van der Waals surface area contributed by atoms with Gasteiger partial charge in [-0.15, -0.1) is 0 Å². The third kappa shape index (κ3) is 6.34. The van der Waals surface area contributed by atoms with Crippen LogP contribution in [0.4, 0.5) is 0 Å². The molecule has 0 aromatic heterocycles. The SMILES string of the molecule is C=C(C)C(=O)OCCCC(C(=O)OC)C(=O)Oc1ccccc1. The molecule has 0 radical (unpaired) electrons. The van der Waals surface area contributed by atoms with Gasteiger partial charge in [-0.2, -0.15) is 0 Å². The van der Waals surface area contributed by atoms with Crippen molar-refractivity contribution >= 4 is 17.9 Å². The highest BCUT2D eigenvalue weighted by Crippen LogP contribution is 2.16. The number of hydrogen-bond donors (Lipinski definition) is 0. The van der Waals surface area contributed by atoms with Crippen LogP contribution in [0.2, 0.25) is 0 Å². The number of hydrogen-bond acceptors (Lipinski definition) is 6. The minimum absolute atomic E-state index is 0.0812. The minimum Gasteiger partial charge on any atom is -0.468 e. The van der Waals surface area contributed by atoms with Crippen LogP contribution in [0.25, 0.3) is 0 Å². The maximum absolute atomic E-state index is 12.1. The average molecular weight is 320 g/mol. The van der Waals surface area contributed by atoms with Gasteiger partial charge in [-0.3, -0.25) is 9.59 Å². The summed E-state index contributed by atoms with van der Waals surface area (Å²) in [4.78, 5) is 35.1. The van der Waals surface area contributed by atoms with Crippen LogP contribution in [0, 0.1) is 5.92 Å². The van der Waals surface area contributed by atoms with E-state index < -0.39 is 23.8 Å². The quantitative estimate of drug-likeness (QED) is 0.240. The van der Waals surface area contributed by atoms with Gasteiger partial charge in [-0.05, 0) is 31.9 Å². The van der Waals surface area contributed by atoms with Crippen LogP contribution in [0.5, 0.6) is 5.75 Å². The highest BCUT2D eigenvalue weighted by atomic mass is 16.6. The van der Waals surface area contributed by atoms with Gasteiger partial charge in [0.25, 0.3) is 0 Å². The summed E-state index contributed by atoms with van der Waals surface area (Å²) in [6, 6.07) is 8.44. The number of rotatable bonds is 8. The minimum atomic E-state index is -1.07. The summed E-state index contributed by atoms with van der Waals surface area (Å²) in [5.74, 6) is -2.61. The lowest BCUT2D eigenvalue weighted by molar-refractivity contribution is -0.155. The van der Waals surface area contributed by atoms with Crippen molar-refractivity contribution in [1.29, 1.82) is 0 Å². The Morgan fingerprint density at radius 3 is 2.35 bits per heavy atom. The van der Waals surface area contributed by atoms with E-state index in [-0.39, 0.29) is 18.6 Å². The molecule has 0 N–H and O–H groups in total. The van der Waals surface area contributed by atoms with Crippen molar-refractivity contribution in [3.8, 4) is 5.75 Å². The number of para-hydroxylation sites is 1. The van der Waals surface area contributed by atoms with Crippen molar-refractivity contribution in [2.45, 2.75) is 19.8 Å². The van der Waals surface area contributed by atoms with E-state index in [2.05, 4.69) is 11.3 Å². The van der Waals surface area contributed by atoms with E-state index in [1.165, 1.54) is 14.0 Å². The average Bonchev–Trinajstić information content (AvgIpc) is 2.54. The molecule has 0 saturated heterocycles. The molecule has 1 unspecified atom stereocenters. The molecule has 0 amide bonds. The van der Waals surface area contributed by atoms with E-state index in [0.717, 1.165) is 0 Å². The molecule has 0 fully saturated rings. The molecular weight excluding hydrogens is 300 g/mol. The molecule has 23 heavy (non-hydrogen) atoms. The molecule has 0 aliphatic rings. The third-order valence-corrected chi connectivity index (χ3v) is 2.95. The van der Waals surface area contributed by atoms with E-state index in [9.17, 15) is 14.4 Å². The van der Waals surface area contributed by atoms with Crippen LogP contribution in [0.1, 0.15) is 19.8 Å². The van der Waals surface area contributed by atoms with Crippen LogP contribution in [-0.4, -0.2) is 31.6 Å². The lowest BCUT2D eigenvalue weighted by Crippen LogP contribution is -2.29. The van der Waals surface area contributed by atoms with Crippen molar-refractivity contribution in [2.75, 3.05) is 13.7 Å². The molecule has 0 bridgehead atoms. The lowest BCUT2D eigenvalue weighted by Gasteiger charge is -2.13. The summed E-state index contributed by atoms with van der Waals surface area (Å²) in [5, 5.41) is 0. The van der Waals surface area contributed by atoms with Crippen LogP contribution in [0.15, 0.2) is 42.5 Å². The van der Waals surface area contributed by atoms with Gasteiger partial charge in [0.05, 0.1) is 13.7 Å². The molecule has 6 nitrogen and oxygen atoms in total. The first-order valence-corrected chi connectivity index (χ1v) is 7.13. The molecular formula is C17H20O6. The van der Waals surface area contributed by atoms with Gasteiger partial charge in [0, 0.05) is 5.57 Å². The Hall–Kier alpha value is -2.63. The van der Waals surface area contributed by atoms with E-state index in [4.69, 9.17) is 9.47 Å². The fourth-order valence-corrected chi connectivity index (χ4v) is 1.73. The Labute approximate surface area is 135 Å². The summed E-state index contributed by atoms with van der Waals surface area (Å²) < 4.78 is 14.7. The summed E-state index contributed by atoms with van der Waals surface area (Å²) in [5.41, 5.74) is 0.290. The zero-order chi connectivity index (χ0) is 17.2. The second-order valence-corrected chi connectivity index (χ2v) is 4.87. The Morgan fingerprint density at radius 2 is 1.78 bits per heavy atom. The molecule has 0 heterocycles. The van der Waals surface area contributed by atoms with Crippen molar-refractivity contribution in [2.24, 2.45) is 5.92 Å². The first-order valence-electron chi connectivity index (χ1n) is 7.13. The lowest BCUT2D eigenvalue weighted by atomic mass is 10.0. The zero-order valence-corrected chi connectivity index (χ0v) is 13.2. The zero-order valence-electron chi connectivity index (χ0n) is 13.2. The van der Waals surface area contributed by atoms with Crippen molar-refractivity contribution in [1.82, 2.24) is 0 Å². The smallest absolute Gasteiger partial charge is 0.333 e. The van der Waals surface area contributed by atoms with Gasteiger partial charge in [0.1, 0.15) is 5.75 Å². The number of carbonyl (C=O) groups excluding carboxylic acids is 3. The van der Waals surface area contributed by atoms with Crippen molar-refractivity contribution in [3.05, 3.63) is 42.5 Å². The summed E-state index contributed by atoms with van der Waals surface area (Å²) in [6.07, 6.45) is 0.477. The number of methoxy groups -OCH3 is 1. The third-order valence-electron chi connectivity index (χ3n) is 2.95. The molecule has 1 aromatic carbocycles. The van der Waals surface area contributed by atoms with Gasteiger partial charge < -0.3 is 14.2 Å². The standard InChI is InChI=1S/C17H20O6/c1-12(2)15(18)22-11-7-10-14(16(19)21-3)17(20)23-13-8-5-4-6-9-13/h4-6,8-9,14H,1,7,10-11H2,2-3H3. The monoisotopic (exact) mass is 320 g/mol. The van der Waals surface area contributed by atoms with E-state index in [1.807, 2.05) is 0 Å². The Balaban J connectivity index is 2.55. The first-order chi connectivity index (χ1) is 11.0. The largest absolute Gasteiger partial charge is 0.468 e. The maximum atomic E-state index is 12.1. The van der Waals surface area contributed by atoms with Crippen LogP contribution >= 0.6 is 0 Å². The molecule has 0 aliphatic carbocycles. The fourth-order valence-electron chi connectivity index (χ4n) is 1.73. The normalized spacial score (nSPS) is 11.2. The number of ether oxygens (including phenoxy) is 3. The topological polar surface area (TPSA) is 78.9 Å². The number of carbonyl (C=O) groups is 3. The van der Waals surface area contributed by atoms with Crippen molar-refractivity contribution < 1.29 is 28.6 Å². The molecule has 0 aliphatic heterocycles. The number of benzene rings is 1.